The Balaban J connectivity index is 1.51. The van der Waals surface area contributed by atoms with E-state index in [1.807, 2.05) is 49.5 Å². The van der Waals surface area contributed by atoms with Crippen LogP contribution in [0.15, 0.2) is 59.8 Å². The Morgan fingerprint density at radius 1 is 1.08 bits per heavy atom. The second-order valence-electron chi connectivity index (χ2n) is 5.87. The number of aromatic amines is 1. The molecule has 1 amide bonds. The van der Waals surface area contributed by atoms with Crippen LogP contribution < -0.4 is 5.43 Å². The normalized spacial score (nSPS) is 11.1. The van der Waals surface area contributed by atoms with E-state index in [2.05, 4.69) is 15.5 Å². The van der Waals surface area contributed by atoms with Crippen molar-refractivity contribution in [1.82, 2.24) is 10.4 Å². The van der Waals surface area contributed by atoms with Crippen LogP contribution in [-0.4, -0.2) is 22.9 Å². The average Bonchev–Trinajstić information content (AvgIpc) is 3.04. The van der Waals surface area contributed by atoms with Crippen molar-refractivity contribution in [3.05, 3.63) is 71.4 Å². The number of nitrogens with zero attached hydrogens (tertiary/aromatic N) is 1. The lowest BCUT2D eigenvalue weighted by molar-refractivity contribution is -0.121. The smallest absolute Gasteiger partial charge is 0.240 e. The van der Waals surface area contributed by atoms with Gasteiger partial charge in [0, 0.05) is 41.1 Å². The maximum absolute atomic E-state index is 12.0. The number of carbonyl (C=O) groups is 2. The molecule has 3 aromatic rings. The first kappa shape index (κ1) is 16.6. The number of hydrogen-bond acceptors (Lipinski definition) is 3. The van der Waals surface area contributed by atoms with Crippen molar-refractivity contribution in [1.29, 1.82) is 0 Å². The molecule has 0 spiro atoms. The van der Waals surface area contributed by atoms with Gasteiger partial charge >= 0.3 is 0 Å². The maximum atomic E-state index is 12.0. The van der Waals surface area contributed by atoms with E-state index in [0.717, 1.165) is 22.0 Å². The van der Waals surface area contributed by atoms with Crippen LogP contribution in [0.3, 0.4) is 0 Å². The van der Waals surface area contributed by atoms with Crippen molar-refractivity contribution in [2.24, 2.45) is 5.10 Å². The highest BCUT2D eigenvalue weighted by Gasteiger charge is 2.08. The first-order chi connectivity index (χ1) is 12.1. The topological polar surface area (TPSA) is 74.3 Å². The third-order valence-corrected chi connectivity index (χ3v) is 3.97. The Labute approximate surface area is 145 Å². The van der Waals surface area contributed by atoms with Gasteiger partial charge in [0.1, 0.15) is 0 Å². The Morgan fingerprint density at radius 3 is 2.64 bits per heavy atom. The number of fused-ring (bicyclic) bond motifs is 1. The van der Waals surface area contributed by atoms with Gasteiger partial charge < -0.3 is 4.98 Å². The minimum absolute atomic E-state index is 0.0456. The summed E-state index contributed by atoms with van der Waals surface area (Å²) < 4.78 is 0. The number of hydrazone groups is 1. The average molecular weight is 333 g/mol. The summed E-state index contributed by atoms with van der Waals surface area (Å²) in [6.45, 7) is 1.97. The number of carbonyl (C=O) groups excluding carboxylic acids is 2. The molecule has 0 bridgehead atoms. The van der Waals surface area contributed by atoms with Gasteiger partial charge in [-0.3, -0.25) is 9.59 Å². The zero-order chi connectivity index (χ0) is 17.6. The minimum atomic E-state index is -0.281. The summed E-state index contributed by atoms with van der Waals surface area (Å²) in [4.78, 5) is 27.0. The molecule has 0 fully saturated rings. The highest BCUT2D eigenvalue weighted by molar-refractivity contribution is 6.00. The lowest BCUT2D eigenvalue weighted by atomic mass is 10.1. The number of rotatable bonds is 6. The van der Waals surface area contributed by atoms with Crippen LogP contribution in [0.2, 0.25) is 0 Å². The lowest BCUT2D eigenvalue weighted by Crippen LogP contribution is -2.18. The van der Waals surface area contributed by atoms with Crippen molar-refractivity contribution < 1.29 is 9.59 Å². The predicted octanol–water partition coefficient (Wildman–Crippen LogP) is 3.59. The van der Waals surface area contributed by atoms with E-state index in [1.165, 1.54) is 0 Å². The van der Waals surface area contributed by atoms with E-state index >= 15 is 0 Å². The van der Waals surface area contributed by atoms with Crippen LogP contribution in [0.4, 0.5) is 0 Å². The lowest BCUT2D eigenvalue weighted by Gasteiger charge is -2.01. The molecule has 5 heteroatoms. The Bertz CT molecular complexity index is 924. The van der Waals surface area contributed by atoms with Gasteiger partial charge in [0.05, 0.1) is 6.21 Å². The number of nitrogens with one attached hydrogen (secondary N) is 2. The first-order valence-electron chi connectivity index (χ1n) is 8.11. The summed E-state index contributed by atoms with van der Waals surface area (Å²) in [5.41, 5.74) is 6.10. The van der Waals surface area contributed by atoms with Crippen molar-refractivity contribution in [2.75, 3.05) is 0 Å². The number of Topliss-reactive ketones (excluding diaryl/α,β-unsaturated/α-hetero) is 1. The molecule has 0 radical (unpaired) electrons. The molecule has 0 aliphatic rings. The van der Waals surface area contributed by atoms with E-state index in [-0.39, 0.29) is 24.5 Å². The second-order valence-corrected chi connectivity index (χ2v) is 5.87. The number of amides is 1. The number of para-hydroxylation sites is 1. The van der Waals surface area contributed by atoms with E-state index in [9.17, 15) is 9.59 Å². The quantitative estimate of drug-likeness (QED) is 0.411. The Morgan fingerprint density at radius 2 is 1.84 bits per heavy atom. The van der Waals surface area contributed by atoms with Crippen molar-refractivity contribution in [3.8, 4) is 0 Å². The number of benzene rings is 2. The van der Waals surface area contributed by atoms with E-state index < -0.39 is 0 Å². The predicted molar refractivity (Wildman–Crippen MR) is 98.8 cm³/mol. The highest BCUT2D eigenvalue weighted by atomic mass is 16.2. The van der Waals surface area contributed by atoms with Crippen molar-refractivity contribution >= 4 is 28.8 Å². The van der Waals surface area contributed by atoms with Gasteiger partial charge in [-0.1, -0.05) is 48.0 Å². The van der Waals surface area contributed by atoms with Crippen molar-refractivity contribution in [2.45, 2.75) is 19.8 Å². The molecule has 25 heavy (non-hydrogen) atoms. The van der Waals surface area contributed by atoms with Crippen molar-refractivity contribution in [3.63, 3.8) is 0 Å². The molecular formula is C20H19N3O2. The number of aromatic nitrogens is 1. The van der Waals surface area contributed by atoms with Gasteiger partial charge in [0.2, 0.25) is 5.91 Å². The molecule has 1 heterocycles. The SMILES string of the molecule is Cc1ccc(C(=O)CCC(=O)N/N=C/c2c[nH]c3ccccc23)cc1. The van der Waals surface area contributed by atoms with Gasteiger partial charge in [-0.15, -0.1) is 0 Å². The van der Waals surface area contributed by atoms with Crippen LogP contribution >= 0.6 is 0 Å². The fourth-order valence-electron chi connectivity index (χ4n) is 2.54. The summed E-state index contributed by atoms with van der Waals surface area (Å²) in [5.74, 6) is -0.327. The fourth-order valence-corrected chi connectivity index (χ4v) is 2.54. The number of ketones is 1. The zero-order valence-corrected chi connectivity index (χ0v) is 14.0. The van der Waals surface area contributed by atoms with Crippen LogP contribution in [0, 0.1) is 6.92 Å². The summed E-state index contributed by atoms with van der Waals surface area (Å²) in [6.07, 6.45) is 3.70. The molecule has 0 saturated heterocycles. The summed E-state index contributed by atoms with van der Waals surface area (Å²) >= 11 is 0. The standard InChI is InChI=1S/C20H19N3O2/c1-14-6-8-15(9-7-14)19(24)10-11-20(25)23-22-13-16-12-21-18-5-3-2-4-17(16)18/h2-9,12-13,21H,10-11H2,1H3,(H,23,25)/b22-13+. The van der Waals surface area contributed by atoms with E-state index in [0.29, 0.717) is 5.56 Å². The first-order valence-corrected chi connectivity index (χ1v) is 8.11. The molecule has 5 nitrogen and oxygen atoms in total. The molecule has 0 saturated carbocycles. The van der Waals surface area contributed by atoms with E-state index in [1.54, 1.807) is 18.3 Å². The Kier molecular flexibility index (Phi) is 5.04. The van der Waals surface area contributed by atoms with Gasteiger partial charge in [0.15, 0.2) is 5.78 Å². The largest absolute Gasteiger partial charge is 0.361 e. The highest BCUT2D eigenvalue weighted by Crippen LogP contribution is 2.15. The summed E-state index contributed by atoms with van der Waals surface area (Å²) in [6, 6.07) is 15.2. The number of H-pyrrole nitrogens is 1. The summed E-state index contributed by atoms with van der Waals surface area (Å²) in [7, 11) is 0. The van der Waals surface area contributed by atoms with Gasteiger partial charge in [-0.25, -0.2) is 5.43 Å². The molecule has 1 aromatic heterocycles. The maximum Gasteiger partial charge on any atom is 0.240 e. The van der Waals surface area contributed by atoms with E-state index in [4.69, 9.17) is 0 Å². The van der Waals surface area contributed by atoms with Crippen LogP contribution in [-0.2, 0) is 4.79 Å². The Hall–Kier alpha value is -3.21. The van der Waals surface area contributed by atoms with Gasteiger partial charge in [-0.05, 0) is 13.0 Å². The third-order valence-electron chi connectivity index (χ3n) is 3.97. The monoisotopic (exact) mass is 333 g/mol. The third kappa shape index (κ3) is 4.20. The second kappa shape index (κ2) is 7.57. The molecule has 0 aliphatic carbocycles. The van der Waals surface area contributed by atoms with Crippen LogP contribution in [0.1, 0.15) is 34.3 Å². The number of hydrogen-bond donors (Lipinski definition) is 2. The molecule has 2 N–H and O–H groups in total. The molecule has 0 atom stereocenters. The molecular weight excluding hydrogens is 314 g/mol. The molecule has 3 rings (SSSR count). The molecule has 0 aliphatic heterocycles. The van der Waals surface area contributed by atoms with Crippen LogP contribution in [0.5, 0.6) is 0 Å². The fraction of sp³-hybridized carbons (Fsp3) is 0.150. The van der Waals surface area contributed by atoms with Gasteiger partial charge in [-0.2, -0.15) is 5.10 Å². The molecule has 0 unspecified atom stereocenters. The minimum Gasteiger partial charge on any atom is -0.361 e. The molecule has 126 valence electrons. The number of aryl methyl sites for hydroxylation is 1. The summed E-state index contributed by atoms with van der Waals surface area (Å²) in [5, 5.41) is 5.01. The van der Waals surface area contributed by atoms with Gasteiger partial charge in [0.25, 0.3) is 0 Å². The molecule has 2 aromatic carbocycles. The van der Waals surface area contributed by atoms with Crippen LogP contribution in [0.25, 0.3) is 10.9 Å². The zero-order valence-electron chi connectivity index (χ0n) is 14.0.